The normalized spacial score (nSPS) is 10.3. The number of nitrogens with one attached hydrogen (secondary N) is 1. The van der Waals surface area contributed by atoms with Gasteiger partial charge < -0.3 is 5.32 Å². The van der Waals surface area contributed by atoms with Crippen LogP contribution in [0.25, 0.3) is 0 Å². The number of hydrogen-bond acceptors (Lipinski definition) is 4. The zero-order chi connectivity index (χ0) is 12.8. The Balaban J connectivity index is 1.76. The minimum atomic E-state index is 0.828. The van der Waals surface area contributed by atoms with E-state index in [1.807, 2.05) is 37.5 Å². The summed E-state index contributed by atoms with van der Waals surface area (Å²) < 4.78 is 1.08. The molecule has 2 aromatic rings. The summed E-state index contributed by atoms with van der Waals surface area (Å²) in [6, 6.07) is 8.10. The molecule has 0 atom stereocenters. The van der Waals surface area contributed by atoms with E-state index in [4.69, 9.17) is 0 Å². The first-order valence-electron chi connectivity index (χ1n) is 5.65. The molecule has 0 saturated carbocycles. The molecule has 0 fully saturated rings. The van der Waals surface area contributed by atoms with Gasteiger partial charge in [0.1, 0.15) is 0 Å². The Kier molecular flexibility index (Phi) is 5.01. The first kappa shape index (κ1) is 13.4. The van der Waals surface area contributed by atoms with Crippen LogP contribution in [0.2, 0.25) is 0 Å². The third-order valence-corrected chi connectivity index (χ3v) is 3.85. The van der Waals surface area contributed by atoms with Crippen molar-refractivity contribution in [3.63, 3.8) is 0 Å². The summed E-state index contributed by atoms with van der Waals surface area (Å²) in [4.78, 5) is 8.51. The fourth-order valence-corrected chi connectivity index (χ4v) is 2.45. The molecule has 5 heteroatoms. The second-order valence-electron chi connectivity index (χ2n) is 3.80. The third-order valence-electron chi connectivity index (χ3n) is 2.28. The van der Waals surface area contributed by atoms with Crippen LogP contribution < -0.4 is 5.32 Å². The zero-order valence-electron chi connectivity index (χ0n) is 10.1. The van der Waals surface area contributed by atoms with Crippen LogP contribution in [0.15, 0.2) is 46.3 Å². The summed E-state index contributed by atoms with van der Waals surface area (Å²) in [5.74, 6) is 0.935. The Morgan fingerprint density at radius 2 is 1.94 bits per heavy atom. The van der Waals surface area contributed by atoms with E-state index in [0.29, 0.717) is 0 Å². The molecule has 1 heterocycles. The molecule has 94 valence electrons. The molecule has 0 bridgehead atoms. The van der Waals surface area contributed by atoms with Gasteiger partial charge in [-0.25, -0.2) is 9.97 Å². The fourth-order valence-electron chi connectivity index (χ4n) is 1.39. The number of halogens is 1. The largest absolute Gasteiger partial charge is 0.383 e. The number of thioether (sulfide) groups is 1. The molecule has 3 nitrogen and oxygen atoms in total. The Morgan fingerprint density at radius 1 is 1.22 bits per heavy atom. The molecule has 0 aliphatic heterocycles. The second-order valence-corrected chi connectivity index (χ2v) is 5.71. The third kappa shape index (κ3) is 3.99. The molecular formula is C13H14BrN3S. The summed E-state index contributed by atoms with van der Waals surface area (Å²) in [7, 11) is 0. The SMILES string of the molecule is Cc1cnc(SCCNc2ccccc2Br)nc1. The number of hydrogen-bond donors (Lipinski definition) is 1. The van der Waals surface area contributed by atoms with Crippen LogP contribution in [0, 0.1) is 6.92 Å². The van der Waals surface area contributed by atoms with Gasteiger partial charge in [0.25, 0.3) is 0 Å². The van der Waals surface area contributed by atoms with Crippen molar-refractivity contribution in [2.75, 3.05) is 17.6 Å². The maximum Gasteiger partial charge on any atom is 0.187 e. The average Bonchev–Trinajstić information content (AvgIpc) is 2.39. The van der Waals surface area contributed by atoms with E-state index in [1.165, 1.54) is 0 Å². The van der Waals surface area contributed by atoms with E-state index >= 15 is 0 Å². The van der Waals surface area contributed by atoms with Crippen molar-refractivity contribution in [2.24, 2.45) is 0 Å². The summed E-state index contributed by atoms with van der Waals surface area (Å²) in [5, 5.41) is 4.20. The van der Waals surface area contributed by atoms with Gasteiger partial charge in [0.2, 0.25) is 0 Å². The van der Waals surface area contributed by atoms with Crippen LogP contribution in [0.3, 0.4) is 0 Å². The molecule has 0 spiro atoms. The Labute approximate surface area is 120 Å². The van der Waals surface area contributed by atoms with Crippen LogP contribution in [0.5, 0.6) is 0 Å². The molecule has 0 unspecified atom stereocenters. The van der Waals surface area contributed by atoms with Gasteiger partial charge in [0, 0.05) is 34.9 Å². The molecule has 1 aromatic heterocycles. The molecule has 18 heavy (non-hydrogen) atoms. The highest BCUT2D eigenvalue weighted by molar-refractivity contribution is 9.10. The average molecular weight is 324 g/mol. The van der Waals surface area contributed by atoms with Gasteiger partial charge in [-0.2, -0.15) is 0 Å². The predicted molar refractivity (Wildman–Crippen MR) is 80.1 cm³/mol. The fraction of sp³-hybridized carbons (Fsp3) is 0.231. The van der Waals surface area contributed by atoms with Crippen molar-refractivity contribution in [1.82, 2.24) is 9.97 Å². The standard InChI is InChI=1S/C13H14BrN3S/c1-10-8-16-13(17-9-10)18-7-6-15-12-5-3-2-4-11(12)14/h2-5,8-9,15H,6-7H2,1H3. The number of benzene rings is 1. The summed E-state index contributed by atoms with van der Waals surface area (Å²) in [5.41, 5.74) is 2.20. The van der Waals surface area contributed by atoms with Gasteiger partial charge in [-0.3, -0.25) is 0 Å². The van der Waals surface area contributed by atoms with Crippen molar-refractivity contribution in [2.45, 2.75) is 12.1 Å². The van der Waals surface area contributed by atoms with Crippen LogP contribution in [-0.4, -0.2) is 22.3 Å². The highest BCUT2D eigenvalue weighted by Gasteiger charge is 1.99. The summed E-state index contributed by atoms with van der Waals surface area (Å²) in [6.07, 6.45) is 3.69. The molecular weight excluding hydrogens is 310 g/mol. The molecule has 0 aliphatic carbocycles. The number of rotatable bonds is 5. The minimum Gasteiger partial charge on any atom is -0.383 e. The molecule has 0 saturated heterocycles. The van der Waals surface area contributed by atoms with E-state index in [2.05, 4.69) is 37.3 Å². The lowest BCUT2D eigenvalue weighted by Crippen LogP contribution is -2.04. The van der Waals surface area contributed by atoms with Gasteiger partial charge in [-0.1, -0.05) is 23.9 Å². The van der Waals surface area contributed by atoms with E-state index < -0.39 is 0 Å². The zero-order valence-corrected chi connectivity index (χ0v) is 12.5. The van der Waals surface area contributed by atoms with Gasteiger partial charge in [0.15, 0.2) is 5.16 Å². The van der Waals surface area contributed by atoms with Crippen molar-refractivity contribution in [3.8, 4) is 0 Å². The van der Waals surface area contributed by atoms with Gasteiger partial charge >= 0.3 is 0 Å². The first-order chi connectivity index (χ1) is 8.75. The minimum absolute atomic E-state index is 0.828. The number of para-hydroxylation sites is 1. The number of aryl methyl sites for hydroxylation is 1. The van der Waals surface area contributed by atoms with Crippen molar-refractivity contribution in [3.05, 3.63) is 46.7 Å². The highest BCUT2D eigenvalue weighted by atomic mass is 79.9. The predicted octanol–water partition coefficient (Wildman–Crippen LogP) is 3.75. The lowest BCUT2D eigenvalue weighted by Gasteiger charge is -2.07. The van der Waals surface area contributed by atoms with Crippen molar-refractivity contribution >= 4 is 33.4 Å². The molecule has 1 aromatic carbocycles. The maximum absolute atomic E-state index is 4.26. The smallest absolute Gasteiger partial charge is 0.187 e. The number of anilines is 1. The Bertz CT molecular complexity index is 502. The quantitative estimate of drug-likeness (QED) is 0.516. The van der Waals surface area contributed by atoms with Crippen molar-refractivity contribution < 1.29 is 0 Å². The number of nitrogens with zero attached hydrogens (tertiary/aromatic N) is 2. The highest BCUT2D eigenvalue weighted by Crippen LogP contribution is 2.21. The summed E-state index contributed by atoms with van der Waals surface area (Å²) >= 11 is 5.16. The monoisotopic (exact) mass is 323 g/mol. The number of aromatic nitrogens is 2. The molecule has 1 N–H and O–H groups in total. The lowest BCUT2D eigenvalue weighted by atomic mass is 10.3. The van der Waals surface area contributed by atoms with Crippen LogP contribution in [0.1, 0.15) is 5.56 Å². The van der Waals surface area contributed by atoms with Crippen LogP contribution >= 0.6 is 27.7 Å². The second kappa shape index (κ2) is 6.75. The lowest BCUT2D eigenvalue weighted by molar-refractivity contribution is 0.949. The Morgan fingerprint density at radius 3 is 2.67 bits per heavy atom. The van der Waals surface area contributed by atoms with Crippen LogP contribution in [0.4, 0.5) is 5.69 Å². The van der Waals surface area contributed by atoms with E-state index in [9.17, 15) is 0 Å². The maximum atomic E-state index is 4.26. The van der Waals surface area contributed by atoms with Gasteiger partial charge in [0.05, 0.1) is 0 Å². The van der Waals surface area contributed by atoms with E-state index in [-0.39, 0.29) is 0 Å². The molecule has 0 amide bonds. The summed E-state index contributed by atoms with van der Waals surface area (Å²) in [6.45, 7) is 2.87. The Hall–Kier alpha value is -1.07. The van der Waals surface area contributed by atoms with E-state index in [1.54, 1.807) is 11.8 Å². The topological polar surface area (TPSA) is 37.8 Å². The van der Waals surface area contributed by atoms with Crippen LogP contribution in [-0.2, 0) is 0 Å². The molecule has 0 aliphatic rings. The van der Waals surface area contributed by atoms with Gasteiger partial charge in [-0.15, -0.1) is 0 Å². The van der Waals surface area contributed by atoms with Crippen molar-refractivity contribution in [1.29, 1.82) is 0 Å². The molecule has 0 radical (unpaired) electrons. The van der Waals surface area contributed by atoms with Gasteiger partial charge in [-0.05, 0) is 40.5 Å². The van der Waals surface area contributed by atoms with E-state index in [0.717, 1.165) is 33.2 Å². The molecule has 2 rings (SSSR count). The first-order valence-corrected chi connectivity index (χ1v) is 7.43.